The number of carboxylic acid groups (broad SMARTS) is 1. The molecule has 0 aromatic heterocycles. The van der Waals surface area contributed by atoms with E-state index in [1.165, 1.54) is 23.1 Å². The van der Waals surface area contributed by atoms with Crippen LogP contribution in [-0.4, -0.2) is 40.6 Å². The van der Waals surface area contributed by atoms with Crippen molar-refractivity contribution in [1.29, 1.82) is 0 Å². The Balaban J connectivity index is 1.42. The van der Waals surface area contributed by atoms with Crippen molar-refractivity contribution in [1.82, 2.24) is 4.90 Å². The van der Waals surface area contributed by atoms with Gasteiger partial charge in [0.1, 0.15) is 29.5 Å². The smallest absolute Gasteiger partial charge is 0.323 e. The van der Waals surface area contributed by atoms with Gasteiger partial charge in [-0.05, 0) is 59.9 Å². The fraction of sp³-hybridized carbons (Fsp3) is 0.286. The van der Waals surface area contributed by atoms with E-state index in [4.69, 9.17) is 4.74 Å². The molecule has 1 N–H and O–H groups in total. The Bertz CT molecular complexity index is 1230. The molecule has 0 saturated heterocycles. The summed E-state index contributed by atoms with van der Waals surface area (Å²) in [7, 11) is 0. The zero-order chi connectivity index (χ0) is 25.0. The van der Waals surface area contributed by atoms with E-state index in [9.17, 15) is 23.5 Å². The predicted octanol–water partition coefficient (Wildman–Crippen LogP) is 4.60. The Kier molecular flexibility index (Phi) is 7.15. The number of amides is 1. The zero-order valence-electron chi connectivity index (χ0n) is 19.5. The molecule has 1 aliphatic rings. The summed E-state index contributed by atoms with van der Waals surface area (Å²) >= 11 is 0. The second-order valence-electron chi connectivity index (χ2n) is 9.20. The molecule has 3 aromatic carbocycles. The van der Waals surface area contributed by atoms with Crippen molar-refractivity contribution in [2.24, 2.45) is 0 Å². The van der Waals surface area contributed by atoms with Crippen LogP contribution in [0.25, 0.3) is 0 Å². The molecule has 182 valence electrons. The van der Waals surface area contributed by atoms with Gasteiger partial charge in [0, 0.05) is 19.4 Å². The Morgan fingerprint density at radius 3 is 2.46 bits per heavy atom. The molecule has 1 aliphatic heterocycles. The number of halogens is 2. The van der Waals surface area contributed by atoms with Crippen LogP contribution in [-0.2, 0) is 35.3 Å². The summed E-state index contributed by atoms with van der Waals surface area (Å²) in [6.07, 6.45) is 1.46. The number of nitrogens with zero attached hydrogens (tertiary/aromatic N) is 1. The number of ether oxygens (including phenoxy) is 1. The Morgan fingerprint density at radius 1 is 1.03 bits per heavy atom. The van der Waals surface area contributed by atoms with Crippen LogP contribution in [0.5, 0.6) is 5.75 Å². The summed E-state index contributed by atoms with van der Waals surface area (Å²) in [6.45, 7) is 1.74. The second-order valence-corrected chi connectivity index (χ2v) is 9.20. The van der Waals surface area contributed by atoms with E-state index in [1.54, 1.807) is 36.4 Å². The molecule has 7 heteroatoms. The third-order valence-electron chi connectivity index (χ3n) is 6.19. The molecule has 4 rings (SSSR count). The number of carboxylic acids is 1. The topological polar surface area (TPSA) is 66.8 Å². The minimum atomic E-state index is -1.09. The van der Waals surface area contributed by atoms with E-state index < -0.39 is 18.1 Å². The van der Waals surface area contributed by atoms with Crippen LogP contribution in [0.2, 0.25) is 0 Å². The average molecular weight is 480 g/mol. The predicted molar refractivity (Wildman–Crippen MR) is 127 cm³/mol. The molecule has 0 radical (unpaired) electrons. The van der Waals surface area contributed by atoms with Crippen LogP contribution in [0.4, 0.5) is 8.78 Å². The lowest BCUT2D eigenvalue weighted by molar-refractivity contribution is -0.144. The van der Waals surface area contributed by atoms with Crippen LogP contribution >= 0.6 is 0 Å². The van der Waals surface area contributed by atoms with Crippen LogP contribution in [0, 0.1) is 11.6 Å². The minimum absolute atomic E-state index is 0.0496. The van der Waals surface area contributed by atoms with Crippen LogP contribution < -0.4 is 4.74 Å². The third kappa shape index (κ3) is 6.23. The molecule has 3 aromatic rings. The number of hydrogen-bond acceptors (Lipinski definition) is 3. The fourth-order valence-corrected chi connectivity index (χ4v) is 4.48. The number of fused-ring (bicyclic) bond motifs is 1. The number of carbonyl (C=O) groups is 2. The van der Waals surface area contributed by atoms with Crippen molar-refractivity contribution in [3.8, 4) is 5.75 Å². The maximum absolute atomic E-state index is 14.1. The highest BCUT2D eigenvalue weighted by atomic mass is 19.1. The molecular formula is C28H27F2NO4. The van der Waals surface area contributed by atoms with Gasteiger partial charge in [0.15, 0.2) is 0 Å². The number of rotatable bonds is 9. The Labute approximate surface area is 203 Å². The number of carbonyl (C=O) groups excluding carboxylic acids is 1. The van der Waals surface area contributed by atoms with Crippen molar-refractivity contribution in [3.05, 3.63) is 101 Å². The van der Waals surface area contributed by atoms with Gasteiger partial charge in [-0.2, -0.15) is 0 Å². The quantitative estimate of drug-likeness (QED) is 0.487. The lowest BCUT2D eigenvalue weighted by atomic mass is 9.91. The monoisotopic (exact) mass is 479 g/mol. The van der Waals surface area contributed by atoms with Gasteiger partial charge < -0.3 is 14.7 Å². The Morgan fingerprint density at radius 2 is 1.74 bits per heavy atom. The molecule has 0 bridgehead atoms. The van der Waals surface area contributed by atoms with E-state index in [0.717, 1.165) is 16.7 Å². The van der Waals surface area contributed by atoms with Crippen molar-refractivity contribution in [2.45, 2.75) is 38.2 Å². The first kappa shape index (κ1) is 24.4. The average Bonchev–Trinajstić information content (AvgIpc) is 3.14. The summed E-state index contributed by atoms with van der Waals surface area (Å²) in [5, 5.41) is 9.27. The summed E-state index contributed by atoms with van der Waals surface area (Å²) < 4.78 is 33.4. The van der Waals surface area contributed by atoms with E-state index in [-0.39, 0.29) is 30.5 Å². The van der Waals surface area contributed by atoms with Crippen molar-refractivity contribution >= 4 is 11.9 Å². The summed E-state index contributed by atoms with van der Waals surface area (Å²) in [4.78, 5) is 25.6. The van der Waals surface area contributed by atoms with Crippen molar-refractivity contribution < 1.29 is 28.2 Å². The third-order valence-corrected chi connectivity index (χ3v) is 6.19. The lowest BCUT2D eigenvalue weighted by Gasteiger charge is -2.24. The minimum Gasteiger partial charge on any atom is -0.487 e. The maximum Gasteiger partial charge on any atom is 0.323 e. The molecule has 0 saturated carbocycles. The lowest BCUT2D eigenvalue weighted by Crippen LogP contribution is -2.38. The molecule has 1 amide bonds. The maximum atomic E-state index is 14.1. The normalized spacial score (nSPS) is 16.4. The van der Waals surface area contributed by atoms with Crippen LogP contribution in [0.15, 0.2) is 66.7 Å². The Hall–Kier alpha value is -3.74. The van der Waals surface area contributed by atoms with Gasteiger partial charge in [0.05, 0.1) is 6.42 Å². The first-order chi connectivity index (χ1) is 16.7. The standard InChI is InChI=1S/C28H27F2NO4/c1-28(16-21-4-2-3-5-24(21)30)17-22-14-20(8-11-25(22)35-28)15-26(32)31(18-27(33)34)13-12-19-6-9-23(29)10-7-19/h2-11,14H,12-13,15-18H2,1H3,(H,33,34)/t28-/m1/s1. The summed E-state index contributed by atoms with van der Waals surface area (Å²) in [6, 6.07) is 18.1. The molecule has 5 nitrogen and oxygen atoms in total. The molecule has 0 unspecified atom stereocenters. The van der Waals surface area contributed by atoms with Gasteiger partial charge in [-0.3, -0.25) is 9.59 Å². The van der Waals surface area contributed by atoms with E-state index in [0.29, 0.717) is 30.6 Å². The molecule has 35 heavy (non-hydrogen) atoms. The van der Waals surface area contributed by atoms with Crippen molar-refractivity contribution in [2.75, 3.05) is 13.1 Å². The number of aliphatic carboxylic acids is 1. The highest BCUT2D eigenvalue weighted by Crippen LogP contribution is 2.38. The first-order valence-corrected chi connectivity index (χ1v) is 11.5. The molecule has 0 fully saturated rings. The van der Waals surface area contributed by atoms with Gasteiger partial charge in [-0.15, -0.1) is 0 Å². The highest BCUT2D eigenvalue weighted by Gasteiger charge is 2.35. The van der Waals surface area contributed by atoms with Crippen molar-refractivity contribution in [3.63, 3.8) is 0 Å². The zero-order valence-corrected chi connectivity index (χ0v) is 19.5. The molecule has 0 aliphatic carbocycles. The van der Waals surface area contributed by atoms with Crippen LogP contribution in [0.3, 0.4) is 0 Å². The molecular weight excluding hydrogens is 452 g/mol. The largest absolute Gasteiger partial charge is 0.487 e. The highest BCUT2D eigenvalue weighted by molar-refractivity contribution is 5.83. The SMILES string of the molecule is C[C@@]1(Cc2ccccc2F)Cc2cc(CC(=O)N(CCc3ccc(F)cc3)CC(=O)O)ccc2O1. The van der Waals surface area contributed by atoms with Gasteiger partial charge in [0.2, 0.25) is 5.91 Å². The molecule has 0 spiro atoms. The van der Waals surface area contributed by atoms with Crippen LogP contribution in [0.1, 0.15) is 29.2 Å². The van der Waals surface area contributed by atoms with Gasteiger partial charge >= 0.3 is 5.97 Å². The van der Waals surface area contributed by atoms with E-state index in [2.05, 4.69) is 0 Å². The number of benzene rings is 3. The number of hydrogen-bond donors (Lipinski definition) is 1. The van der Waals surface area contributed by atoms with Gasteiger partial charge in [-0.25, -0.2) is 8.78 Å². The summed E-state index contributed by atoms with van der Waals surface area (Å²) in [5.74, 6) is -1.30. The second kappa shape index (κ2) is 10.3. The first-order valence-electron chi connectivity index (χ1n) is 11.5. The van der Waals surface area contributed by atoms with E-state index >= 15 is 0 Å². The summed E-state index contributed by atoms with van der Waals surface area (Å²) in [5.41, 5.74) is 2.49. The fourth-order valence-electron chi connectivity index (χ4n) is 4.48. The molecule has 1 heterocycles. The molecule has 1 atom stereocenters. The van der Waals surface area contributed by atoms with Gasteiger partial charge in [0.25, 0.3) is 0 Å². The van der Waals surface area contributed by atoms with E-state index in [1.807, 2.05) is 19.1 Å². The van der Waals surface area contributed by atoms with Gasteiger partial charge in [-0.1, -0.05) is 42.5 Å².